The van der Waals surface area contributed by atoms with Gasteiger partial charge in [0.1, 0.15) is 0 Å². The number of benzene rings is 1. The maximum Gasteiger partial charge on any atom is 0.312 e. The molecule has 0 radical (unpaired) electrons. The van der Waals surface area contributed by atoms with Gasteiger partial charge in [-0.15, -0.1) is 0 Å². The second-order valence-corrected chi connectivity index (χ2v) is 4.77. The zero-order chi connectivity index (χ0) is 14.7. The van der Waals surface area contributed by atoms with Gasteiger partial charge < -0.3 is 24.4 Å². The molecule has 1 saturated heterocycles. The third kappa shape index (κ3) is 3.08. The van der Waals surface area contributed by atoms with Crippen molar-refractivity contribution in [2.75, 3.05) is 33.1 Å². The monoisotopic (exact) mass is 292 g/mol. The van der Waals surface area contributed by atoms with E-state index < -0.39 is 11.8 Å². The molecule has 112 valence electrons. The van der Waals surface area contributed by atoms with Crippen LogP contribution in [-0.2, 0) is 20.9 Å². The number of ether oxygens (including phenoxy) is 3. The summed E-state index contributed by atoms with van der Waals surface area (Å²) >= 11 is 0. The summed E-state index contributed by atoms with van der Waals surface area (Å²) in [4.78, 5) is 25.3. The van der Waals surface area contributed by atoms with Crippen molar-refractivity contribution in [2.45, 2.75) is 6.54 Å². The summed E-state index contributed by atoms with van der Waals surface area (Å²) in [5.41, 5.74) is 0.849. The molecule has 21 heavy (non-hydrogen) atoms. The third-order valence-corrected chi connectivity index (χ3v) is 3.38. The van der Waals surface area contributed by atoms with Crippen molar-refractivity contribution >= 4 is 11.8 Å². The summed E-state index contributed by atoms with van der Waals surface area (Å²) in [7, 11) is 0. The van der Waals surface area contributed by atoms with E-state index in [2.05, 4.69) is 5.32 Å². The smallest absolute Gasteiger partial charge is 0.312 e. The zero-order valence-corrected chi connectivity index (χ0v) is 11.5. The highest BCUT2D eigenvalue weighted by Gasteiger charge is 2.23. The van der Waals surface area contributed by atoms with E-state index in [4.69, 9.17) is 14.2 Å². The number of hydrogen-bond donors (Lipinski definition) is 1. The molecule has 1 N–H and O–H groups in total. The average Bonchev–Trinajstić information content (AvgIpc) is 3.00. The van der Waals surface area contributed by atoms with Crippen LogP contribution in [0.2, 0.25) is 0 Å². The Labute approximate surface area is 121 Å². The molecule has 0 aliphatic carbocycles. The predicted molar refractivity (Wildman–Crippen MR) is 71.8 cm³/mol. The molecule has 1 aromatic carbocycles. The van der Waals surface area contributed by atoms with Gasteiger partial charge in [0.25, 0.3) is 0 Å². The van der Waals surface area contributed by atoms with E-state index in [0.29, 0.717) is 37.8 Å². The van der Waals surface area contributed by atoms with Crippen molar-refractivity contribution in [1.29, 1.82) is 0 Å². The molecule has 7 heteroatoms. The van der Waals surface area contributed by atoms with Crippen LogP contribution >= 0.6 is 0 Å². The number of nitrogens with one attached hydrogen (secondary N) is 1. The van der Waals surface area contributed by atoms with Gasteiger partial charge in [0.2, 0.25) is 6.79 Å². The topological polar surface area (TPSA) is 77.1 Å². The molecule has 2 amide bonds. The van der Waals surface area contributed by atoms with Gasteiger partial charge in [-0.1, -0.05) is 6.07 Å². The van der Waals surface area contributed by atoms with Gasteiger partial charge in [-0.05, 0) is 17.7 Å². The van der Waals surface area contributed by atoms with Gasteiger partial charge in [-0.3, -0.25) is 9.59 Å². The number of amides is 2. The second kappa shape index (κ2) is 6.01. The Morgan fingerprint density at radius 2 is 1.90 bits per heavy atom. The Hall–Kier alpha value is -2.28. The molecular weight excluding hydrogens is 276 g/mol. The van der Waals surface area contributed by atoms with E-state index in [-0.39, 0.29) is 13.3 Å². The largest absolute Gasteiger partial charge is 0.454 e. The number of hydrogen-bond acceptors (Lipinski definition) is 5. The molecule has 0 saturated carbocycles. The highest BCUT2D eigenvalue weighted by Crippen LogP contribution is 2.32. The fraction of sp³-hybridized carbons (Fsp3) is 0.429. The van der Waals surface area contributed by atoms with Crippen LogP contribution in [-0.4, -0.2) is 49.8 Å². The highest BCUT2D eigenvalue weighted by atomic mass is 16.7. The van der Waals surface area contributed by atoms with Gasteiger partial charge in [0, 0.05) is 19.6 Å². The normalized spacial score (nSPS) is 16.7. The maximum atomic E-state index is 11.9. The molecule has 3 rings (SSSR count). The first-order valence-corrected chi connectivity index (χ1v) is 6.77. The summed E-state index contributed by atoms with van der Waals surface area (Å²) in [6, 6.07) is 5.41. The molecule has 2 aliphatic heterocycles. The first-order valence-electron chi connectivity index (χ1n) is 6.77. The Bertz CT molecular complexity index is 554. The Balaban J connectivity index is 1.54. The summed E-state index contributed by atoms with van der Waals surface area (Å²) in [6.45, 7) is 2.33. The van der Waals surface area contributed by atoms with E-state index in [9.17, 15) is 9.59 Å². The van der Waals surface area contributed by atoms with E-state index >= 15 is 0 Å². The fourth-order valence-corrected chi connectivity index (χ4v) is 2.22. The number of carbonyl (C=O) groups is 2. The van der Waals surface area contributed by atoms with Crippen LogP contribution in [0, 0.1) is 0 Å². The minimum absolute atomic E-state index is 0.209. The third-order valence-electron chi connectivity index (χ3n) is 3.38. The van der Waals surface area contributed by atoms with E-state index in [1.807, 2.05) is 6.07 Å². The summed E-state index contributed by atoms with van der Waals surface area (Å²) in [5, 5.41) is 2.62. The molecule has 0 aromatic heterocycles. The molecule has 2 aliphatic rings. The molecule has 0 atom stereocenters. The van der Waals surface area contributed by atoms with Crippen LogP contribution in [0.15, 0.2) is 18.2 Å². The van der Waals surface area contributed by atoms with Crippen LogP contribution < -0.4 is 14.8 Å². The molecule has 1 aromatic rings. The van der Waals surface area contributed by atoms with Gasteiger partial charge in [0.05, 0.1) is 13.2 Å². The lowest BCUT2D eigenvalue weighted by Gasteiger charge is -2.26. The van der Waals surface area contributed by atoms with Gasteiger partial charge >= 0.3 is 11.8 Å². The minimum Gasteiger partial charge on any atom is -0.454 e. The first-order chi connectivity index (χ1) is 10.2. The van der Waals surface area contributed by atoms with Crippen molar-refractivity contribution in [3.05, 3.63) is 23.8 Å². The van der Waals surface area contributed by atoms with Crippen molar-refractivity contribution in [3.63, 3.8) is 0 Å². The molecule has 0 unspecified atom stereocenters. The van der Waals surface area contributed by atoms with Crippen LogP contribution in [0.3, 0.4) is 0 Å². The summed E-state index contributed by atoms with van der Waals surface area (Å²) in [5.74, 6) is 0.226. The minimum atomic E-state index is -0.602. The summed E-state index contributed by atoms with van der Waals surface area (Å²) < 4.78 is 15.6. The number of rotatable bonds is 2. The van der Waals surface area contributed by atoms with Crippen LogP contribution in [0.25, 0.3) is 0 Å². The number of fused-ring (bicyclic) bond motifs is 1. The van der Waals surface area contributed by atoms with E-state index in [1.165, 1.54) is 4.90 Å². The van der Waals surface area contributed by atoms with Gasteiger partial charge in [-0.25, -0.2) is 0 Å². The van der Waals surface area contributed by atoms with E-state index in [1.54, 1.807) is 12.1 Å². The van der Waals surface area contributed by atoms with E-state index in [0.717, 1.165) is 5.56 Å². The Morgan fingerprint density at radius 1 is 1.14 bits per heavy atom. The van der Waals surface area contributed by atoms with Gasteiger partial charge in [0.15, 0.2) is 11.5 Å². The Kier molecular flexibility index (Phi) is 3.92. The molecule has 7 nitrogen and oxygen atoms in total. The van der Waals surface area contributed by atoms with Crippen molar-refractivity contribution in [1.82, 2.24) is 10.2 Å². The fourth-order valence-electron chi connectivity index (χ4n) is 2.22. The molecule has 2 heterocycles. The zero-order valence-electron chi connectivity index (χ0n) is 11.5. The Morgan fingerprint density at radius 3 is 2.71 bits per heavy atom. The average molecular weight is 292 g/mol. The lowest BCUT2D eigenvalue weighted by Crippen LogP contribution is -2.47. The van der Waals surface area contributed by atoms with Gasteiger partial charge in [-0.2, -0.15) is 0 Å². The maximum absolute atomic E-state index is 11.9. The van der Waals surface area contributed by atoms with Crippen molar-refractivity contribution in [3.8, 4) is 11.5 Å². The molecule has 0 spiro atoms. The van der Waals surface area contributed by atoms with Crippen molar-refractivity contribution in [2.24, 2.45) is 0 Å². The first kappa shape index (κ1) is 13.7. The number of nitrogens with zero attached hydrogens (tertiary/aromatic N) is 1. The molecule has 0 bridgehead atoms. The standard InChI is InChI=1S/C14H16N2O5/c17-13(14(18)16-3-5-19-6-4-16)15-8-10-1-2-11-12(7-10)21-9-20-11/h1-2,7H,3-6,8-9H2,(H,15,17). The number of carbonyl (C=O) groups excluding carboxylic acids is 2. The molecule has 1 fully saturated rings. The van der Waals surface area contributed by atoms with Crippen LogP contribution in [0.5, 0.6) is 11.5 Å². The van der Waals surface area contributed by atoms with Crippen LogP contribution in [0.4, 0.5) is 0 Å². The quantitative estimate of drug-likeness (QED) is 0.770. The second-order valence-electron chi connectivity index (χ2n) is 4.77. The lowest BCUT2D eigenvalue weighted by molar-refractivity contribution is -0.148. The number of morpholine rings is 1. The lowest BCUT2D eigenvalue weighted by atomic mass is 10.2. The predicted octanol–water partition coefficient (Wildman–Crippen LogP) is -0.110. The SMILES string of the molecule is O=C(NCc1ccc2c(c1)OCO2)C(=O)N1CCOCC1. The van der Waals surface area contributed by atoms with Crippen molar-refractivity contribution < 1.29 is 23.8 Å². The highest BCUT2D eigenvalue weighted by molar-refractivity contribution is 6.34. The summed E-state index contributed by atoms with van der Waals surface area (Å²) in [6.07, 6.45) is 0. The molecular formula is C14H16N2O5. The van der Waals surface area contributed by atoms with Crippen LogP contribution in [0.1, 0.15) is 5.56 Å².